The van der Waals surface area contributed by atoms with Crippen molar-refractivity contribution in [3.8, 4) is 17.2 Å². The molecule has 0 aliphatic carbocycles. The van der Waals surface area contributed by atoms with E-state index in [0.717, 1.165) is 0 Å². The van der Waals surface area contributed by atoms with Crippen LogP contribution in [0.4, 0.5) is 5.69 Å². The summed E-state index contributed by atoms with van der Waals surface area (Å²) in [6, 6.07) is 12.2. The van der Waals surface area contributed by atoms with E-state index in [4.69, 9.17) is 26.4 Å². The van der Waals surface area contributed by atoms with Gasteiger partial charge in [-0.3, -0.25) is 10.1 Å². The molecule has 2 aromatic rings. The zero-order valence-electron chi connectivity index (χ0n) is 14.3. The molecule has 0 atom stereocenters. The lowest BCUT2D eigenvalue weighted by Crippen LogP contribution is -2.34. The lowest BCUT2D eigenvalue weighted by Gasteiger charge is -2.13. The van der Waals surface area contributed by atoms with E-state index < -0.39 is 0 Å². The molecular weight excluding hydrogens is 340 g/mol. The molecule has 0 saturated carbocycles. The number of hydrogen-bond acceptors (Lipinski definition) is 5. The molecule has 2 aromatic carbocycles. The second kappa shape index (κ2) is 8.89. The summed E-state index contributed by atoms with van der Waals surface area (Å²) in [6.07, 6.45) is 0. The number of carbonyl (C=O) groups excluding carboxylic acids is 1. The van der Waals surface area contributed by atoms with Gasteiger partial charge in [-0.25, -0.2) is 0 Å². The zero-order chi connectivity index (χ0) is 18.2. The second-order valence-corrected chi connectivity index (χ2v) is 5.35. The Morgan fingerprint density at radius 3 is 2.52 bits per heavy atom. The Morgan fingerprint density at radius 1 is 1.08 bits per heavy atom. The third-order valence-electron chi connectivity index (χ3n) is 3.28. The van der Waals surface area contributed by atoms with Gasteiger partial charge in [0.25, 0.3) is 5.91 Å². The van der Waals surface area contributed by atoms with Crippen LogP contribution in [0.15, 0.2) is 42.5 Å². The van der Waals surface area contributed by atoms with Gasteiger partial charge in [0.2, 0.25) is 0 Å². The zero-order valence-corrected chi connectivity index (χ0v) is 15.1. The number of hydrogen-bond donors (Lipinski definition) is 2. The summed E-state index contributed by atoms with van der Waals surface area (Å²) in [5, 5.41) is 5.75. The first kappa shape index (κ1) is 18.5. The van der Waals surface area contributed by atoms with Gasteiger partial charge < -0.3 is 19.5 Å². The number of anilines is 1. The number of ether oxygens (including phenoxy) is 3. The molecule has 0 fully saturated rings. The van der Waals surface area contributed by atoms with Crippen molar-refractivity contribution < 1.29 is 19.0 Å². The van der Waals surface area contributed by atoms with Crippen LogP contribution < -0.4 is 24.8 Å². The third-order valence-corrected chi connectivity index (χ3v) is 3.48. The van der Waals surface area contributed by atoms with Crippen LogP contribution in [0.25, 0.3) is 0 Å². The highest BCUT2D eigenvalue weighted by atomic mass is 32.1. The van der Waals surface area contributed by atoms with Crippen LogP contribution in [0.1, 0.15) is 17.3 Å². The smallest absolute Gasteiger partial charge is 0.257 e. The molecule has 2 N–H and O–H groups in total. The molecular formula is C18H20N2O4S. The van der Waals surface area contributed by atoms with Gasteiger partial charge in [-0.2, -0.15) is 0 Å². The maximum Gasteiger partial charge on any atom is 0.257 e. The van der Waals surface area contributed by atoms with Crippen molar-refractivity contribution in [2.24, 2.45) is 0 Å². The standard InChI is InChI=1S/C18H20N2O4S/c1-4-24-14-7-5-6-12(10-14)17(21)20-18(25)19-13-8-9-15(22-2)16(11-13)23-3/h5-11H,4H2,1-3H3,(H2,19,20,21,25). The van der Waals surface area contributed by atoms with E-state index in [-0.39, 0.29) is 11.0 Å². The fraction of sp³-hybridized carbons (Fsp3) is 0.222. The minimum Gasteiger partial charge on any atom is -0.494 e. The summed E-state index contributed by atoms with van der Waals surface area (Å²) in [7, 11) is 3.11. The van der Waals surface area contributed by atoms with Crippen molar-refractivity contribution in [3.05, 3.63) is 48.0 Å². The van der Waals surface area contributed by atoms with Crippen LogP contribution in [0.2, 0.25) is 0 Å². The van der Waals surface area contributed by atoms with Gasteiger partial charge >= 0.3 is 0 Å². The van der Waals surface area contributed by atoms with Crippen molar-refractivity contribution >= 4 is 28.9 Å². The maximum atomic E-state index is 12.3. The Labute approximate surface area is 152 Å². The van der Waals surface area contributed by atoms with E-state index in [9.17, 15) is 4.79 Å². The molecule has 0 unspecified atom stereocenters. The molecule has 0 bridgehead atoms. The summed E-state index contributed by atoms with van der Waals surface area (Å²) in [5.74, 6) is 1.48. The van der Waals surface area contributed by atoms with Crippen molar-refractivity contribution in [1.82, 2.24) is 5.32 Å². The first-order valence-electron chi connectivity index (χ1n) is 7.64. The van der Waals surface area contributed by atoms with Crippen molar-refractivity contribution in [2.75, 3.05) is 26.1 Å². The predicted octanol–water partition coefficient (Wildman–Crippen LogP) is 3.23. The summed E-state index contributed by atoms with van der Waals surface area (Å²) in [4.78, 5) is 12.3. The van der Waals surface area contributed by atoms with Crippen LogP contribution in [-0.2, 0) is 0 Å². The molecule has 25 heavy (non-hydrogen) atoms. The first-order valence-corrected chi connectivity index (χ1v) is 8.05. The highest BCUT2D eigenvalue weighted by Crippen LogP contribution is 2.29. The van der Waals surface area contributed by atoms with Crippen LogP contribution >= 0.6 is 12.2 Å². The quantitative estimate of drug-likeness (QED) is 0.771. The van der Waals surface area contributed by atoms with Gasteiger partial charge in [-0.1, -0.05) is 6.07 Å². The molecule has 0 heterocycles. The van der Waals surface area contributed by atoms with Crippen LogP contribution in [0.5, 0.6) is 17.2 Å². The summed E-state index contributed by atoms with van der Waals surface area (Å²) < 4.78 is 15.8. The lowest BCUT2D eigenvalue weighted by molar-refractivity contribution is 0.0977. The molecule has 0 spiro atoms. The van der Waals surface area contributed by atoms with E-state index in [1.807, 2.05) is 6.92 Å². The van der Waals surface area contributed by atoms with E-state index in [1.165, 1.54) is 0 Å². The monoisotopic (exact) mass is 360 g/mol. The number of benzene rings is 2. The third kappa shape index (κ3) is 5.09. The Balaban J connectivity index is 2.02. The van der Waals surface area contributed by atoms with Gasteiger partial charge in [0, 0.05) is 17.3 Å². The molecule has 0 aromatic heterocycles. The number of amides is 1. The molecule has 0 saturated heterocycles. The van der Waals surface area contributed by atoms with Gasteiger partial charge in [0.15, 0.2) is 16.6 Å². The minimum atomic E-state index is -0.320. The molecule has 7 heteroatoms. The van der Waals surface area contributed by atoms with E-state index >= 15 is 0 Å². The van der Waals surface area contributed by atoms with Crippen LogP contribution in [0, 0.1) is 0 Å². The van der Waals surface area contributed by atoms with Crippen LogP contribution in [-0.4, -0.2) is 31.8 Å². The van der Waals surface area contributed by atoms with E-state index in [0.29, 0.717) is 35.1 Å². The summed E-state index contributed by atoms with van der Waals surface area (Å²) in [5.41, 5.74) is 1.13. The lowest BCUT2D eigenvalue weighted by atomic mass is 10.2. The van der Waals surface area contributed by atoms with Gasteiger partial charge in [-0.05, 0) is 49.5 Å². The minimum absolute atomic E-state index is 0.180. The maximum absolute atomic E-state index is 12.3. The highest BCUT2D eigenvalue weighted by molar-refractivity contribution is 7.80. The molecule has 6 nitrogen and oxygen atoms in total. The Bertz CT molecular complexity index is 764. The topological polar surface area (TPSA) is 68.8 Å². The Kier molecular flexibility index (Phi) is 6.59. The molecule has 1 amide bonds. The predicted molar refractivity (Wildman–Crippen MR) is 101 cm³/mol. The average molecular weight is 360 g/mol. The number of carbonyl (C=O) groups is 1. The molecule has 0 aliphatic heterocycles. The molecule has 2 rings (SSSR count). The Hall–Kier alpha value is -2.80. The first-order chi connectivity index (χ1) is 12.1. The van der Waals surface area contributed by atoms with Gasteiger partial charge in [-0.15, -0.1) is 0 Å². The fourth-order valence-electron chi connectivity index (χ4n) is 2.15. The van der Waals surface area contributed by atoms with Crippen molar-refractivity contribution in [1.29, 1.82) is 0 Å². The Morgan fingerprint density at radius 2 is 1.84 bits per heavy atom. The highest BCUT2D eigenvalue weighted by Gasteiger charge is 2.10. The average Bonchev–Trinajstić information content (AvgIpc) is 2.62. The van der Waals surface area contributed by atoms with E-state index in [2.05, 4.69) is 10.6 Å². The summed E-state index contributed by atoms with van der Waals surface area (Å²) >= 11 is 5.19. The fourth-order valence-corrected chi connectivity index (χ4v) is 2.36. The number of rotatable bonds is 6. The number of nitrogens with one attached hydrogen (secondary N) is 2. The van der Waals surface area contributed by atoms with Crippen LogP contribution in [0.3, 0.4) is 0 Å². The SMILES string of the molecule is CCOc1cccc(C(=O)NC(=S)Nc2ccc(OC)c(OC)c2)c1. The van der Waals surface area contributed by atoms with Crippen molar-refractivity contribution in [2.45, 2.75) is 6.92 Å². The van der Waals surface area contributed by atoms with E-state index in [1.54, 1.807) is 56.7 Å². The molecule has 0 aliphatic rings. The molecule has 132 valence electrons. The summed E-state index contributed by atoms with van der Waals surface area (Å²) in [6.45, 7) is 2.42. The van der Waals surface area contributed by atoms with Gasteiger partial charge in [0.05, 0.1) is 20.8 Å². The van der Waals surface area contributed by atoms with Gasteiger partial charge in [0.1, 0.15) is 5.75 Å². The van der Waals surface area contributed by atoms with Crippen molar-refractivity contribution in [3.63, 3.8) is 0 Å². The largest absolute Gasteiger partial charge is 0.494 e. The molecule has 0 radical (unpaired) electrons. The normalized spacial score (nSPS) is 9.88. The number of thiocarbonyl (C=S) groups is 1. The second-order valence-electron chi connectivity index (χ2n) is 4.94. The number of methoxy groups -OCH3 is 2.